The molecule has 1 heterocycles. The predicted octanol–water partition coefficient (Wildman–Crippen LogP) is 4.19. The van der Waals surface area contributed by atoms with Crippen molar-refractivity contribution in [3.05, 3.63) is 58.3 Å². The van der Waals surface area contributed by atoms with Crippen molar-refractivity contribution in [3.63, 3.8) is 0 Å². The molecule has 0 unspecified atom stereocenters. The Hall–Kier alpha value is -1.38. The van der Waals surface area contributed by atoms with Gasteiger partial charge in [-0.25, -0.2) is 4.99 Å². The molecular formula is C15H13Cl2NO. The third-order valence-corrected chi connectivity index (χ3v) is 4.02. The summed E-state index contributed by atoms with van der Waals surface area (Å²) >= 11 is 11.9. The van der Waals surface area contributed by atoms with Crippen molar-refractivity contribution in [1.29, 1.82) is 0 Å². The molecule has 19 heavy (non-hydrogen) atoms. The van der Waals surface area contributed by atoms with E-state index in [0.29, 0.717) is 10.7 Å². The summed E-state index contributed by atoms with van der Waals surface area (Å²) < 4.78 is 0. The van der Waals surface area contributed by atoms with E-state index in [0.717, 1.165) is 17.4 Å². The van der Waals surface area contributed by atoms with Crippen molar-refractivity contribution in [2.75, 3.05) is 0 Å². The van der Waals surface area contributed by atoms with Gasteiger partial charge in [0.1, 0.15) is 11.5 Å². The summed E-state index contributed by atoms with van der Waals surface area (Å²) in [5.41, 5.74) is 1.59. The van der Waals surface area contributed by atoms with Gasteiger partial charge in [0.05, 0.1) is 16.1 Å². The van der Waals surface area contributed by atoms with Crippen LogP contribution < -0.4 is 0 Å². The number of carbonyl (C=O) groups excluding carboxylic acids is 1. The van der Waals surface area contributed by atoms with E-state index < -0.39 is 5.41 Å². The molecule has 98 valence electrons. The quantitative estimate of drug-likeness (QED) is 0.768. The second-order valence-electron chi connectivity index (χ2n) is 4.64. The lowest BCUT2D eigenvalue weighted by Gasteiger charge is -2.20. The smallest absolute Gasteiger partial charge is 0.148 e. The van der Waals surface area contributed by atoms with Gasteiger partial charge in [-0.15, -0.1) is 0 Å². The molecule has 0 N–H and O–H groups in total. The van der Waals surface area contributed by atoms with Crippen molar-refractivity contribution in [1.82, 2.24) is 0 Å². The standard InChI is InChI=1S/C15H13Cl2NO/c1-10-12(18-14(17)13(10)16)8-15(2,9-19)11-6-4-3-5-7-11/h3-9H,1-2H3/b12-8+/t15-/m0/s1. The van der Waals surface area contributed by atoms with Crippen LogP contribution in [0.3, 0.4) is 0 Å². The second kappa shape index (κ2) is 5.32. The third kappa shape index (κ3) is 2.65. The van der Waals surface area contributed by atoms with Gasteiger partial charge in [0.25, 0.3) is 0 Å². The van der Waals surface area contributed by atoms with Gasteiger partial charge in [-0.2, -0.15) is 0 Å². The van der Waals surface area contributed by atoms with Gasteiger partial charge in [-0.05, 0) is 31.1 Å². The lowest BCUT2D eigenvalue weighted by atomic mass is 9.83. The maximum absolute atomic E-state index is 11.5. The van der Waals surface area contributed by atoms with Crippen LogP contribution in [0.15, 0.2) is 57.7 Å². The van der Waals surface area contributed by atoms with E-state index >= 15 is 0 Å². The maximum atomic E-state index is 11.5. The fourth-order valence-electron chi connectivity index (χ4n) is 1.91. The Balaban J connectivity index is 2.49. The summed E-state index contributed by atoms with van der Waals surface area (Å²) in [6.45, 7) is 3.68. The molecule has 0 saturated carbocycles. The number of aldehydes is 1. The molecule has 1 aromatic carbocycles. The zero-order chi connectivity index (χ0) is 14.0. The Morgan fingerprint density at radius 3 is 2.32 bits per heavy atom. The Labute approximate surface area is 122 Å². The third-order valence-electron chi connectivity index (χ3n) is 3.19. The molecule has 0 fully saturated rings. The zero-order valence-corrected chi connectivity index (χ0v) is 12.2. The van der Waals surface area contributed by atoms with E-state index in [1.807, 2.05) is 44.2 Å². The van der Waals surface area contributed by atoms with Crippen LogP contribution in [0.2, 0.25) is 0 Å². The van der Waals surface area contributed by atoms with Crippen molar-refractivity contribution in [3.8, 4) is 0 Å². The van der Waals surface area contributed by atoms with Crippen LogP contribution in [0.25, 0.3) is 0 Å². The van der Waals surface area contributed by atoms with E-state index in [2.05, 4.69) is 4.99 Å². The minimum Gasteiger partial charge on any atom is -0.302 e. The molecule has 1 atom stereocenters. The molecule has 1 aliphatic rings. The molecule has 1 aliphatic heterocycles. The number of aliphatic imine (C=N–C) groups is 1. The molecule has 0 bridgehead atoms. The Morgan fingerprint density at radius 1 is 1.21 bits per heavy atom. The number of benzene rings is 1. The first-order chi connectivity index (χ1) is 8.98. The molecule has 0 amide bonds. The highest BCUT2D eigenvalue weighted by molar-refractivity contribution is 6.76. The van der Waals surface area contributed by atoms with Crippen LogP contribution >= 0.6 is 23.2 Å². The Kier molecular flexibility index (Phi) is 3.93. The number of allylic oxidation sites excluding steroid dienone is 3. The summed E-state index contributed by atoms with van der Waals surface area (Å²) in [5, 5.41) is 0.709. The van der Waals surface area contributed by atoms with Gasteiger partial charge >= 0.3 is 0 Å². The van der Waals surface area contributed by atoms with Gasteiger partial charge in [0.2, 0.25) is 0 Å². The Morgan fingerprint density at radius 2 is 1.84 bits per heavy atom. The lowest BCUT2D eigenvalue weighted by molar-refractivity contribution is -0.110. The maximum Gasteiger partial charge on any atom is 0.148 e. The fraction of sp³-hybridized carbons (Fsp3) is 0.200. The topological polar surface area (TPSA) is 29.4 Å². The Bertz CT molecular complexity index is 602. The minimum absolute atomic E-state index is 0.270. The highest BCUT2D eigenvalue weighted by Gasteiger charge is 2.27. The molecule has 0 saturated heterocycles. The zero-order valence-electron chi connectivity index (χ0n) is 10.7. The van der Waals surface area contributed by atoms with Gasteiger partial charge in [-0.1, -0.05) is 53.5 Å². The van der Waals surface area contributed by atoms with Crippen LogP contribution in [0.5, 0.6) is 0 Å². The van der Waals surface area contributed by atoms with Crippen molar-refractivity contribution in [2.45, 2.75) is 19.3 Å². The van der Waals surface area contributed by atoms with Crippen molar-refractivity contribution < 1.29 is 4.79 Å². The van der Waals surface area contributed by atoms with E-state index in [-0.39, 0.29) is 5.17 Å². The first-order valence-corrected chi connectivity index (χ1v) is 6.59. The van der Waals surface area contributed by atoms with E-state index in [1.54, 1.807) is 6.08 Å². The number of hydrogen-bond donors (Lipinski definition) is 0. The van der Waals surface area contributed by atoms with Gasteiger partial charge in [0, 0.05) is 0 Å². The molecule has 2 rings (SSSR count). The first kappa shape index (κ1) is 14.0. The van der Waals surface area contributed by atoms with Crippen LogP contribution in [-0.4, -0.2) is 11.5 Å². The summed E-state index contributed by atoms with van der Waals surface area (Å²) in [7, 11) is 0. The number of carbonyl (C=O) groups is 1. The molecule has 0 aromatic heterocycles. The molecule has 0 spiro atoms. The van der Waals surface area contributed by atoms with Crippen molar-refractivity contribution in [2.24, 2.45) is 4.99 Å². The number of nitrogens with zero attached hydrogens (tertiary/aromatic N) is 1. The van der Waals surface area contributed by atoms with Gasteiger partial charge in [0.15, 0.2) is 0 Å². The SMILES string of the molecule is CC1=C(Cl)C(Cl)=N/C1=C/[C@@](C)(C=O)c1ccccc1. The lowest BCUT2D eigenvalue weighted by Crippen LogP contribution is -2.21. The molecule has 0 radical (unpaired) electrons. The normalized spacial score (nSPS) is 20.4. The highest BCUT2D eigenvalue weighted by atomic mass is 35.5. The molecule has 1 aromatic rings. The van der Waals surface area contributed by atoms with E-state index in [4.69, 9.17) is 23.2 Å². The van der Waals surface area contributed by atoms with Crippen LogP contribution in [0.1, 0.15) is 19.4 Å². The highest BCUT2D eigenvalue weighted by Crippen LogP contribution is 2.33. The summed E-state index contributed by atoms with van der Waals surface area (Å²) in [4.78, 5) is 15.7. The minimum atomic E-state index is -0.750. The number of halogens is 2. The van der Waals surface area contributed by atoms with E-state index in [9.17, 15) is 4.79 Å². The summed E-state index contributed by atoms with van der Waals surface area (Å²) in [6.07, 6.45) is 2.70. The van der Waals surface area contributed by atoms with Crippen LogP contribution in [0, 0.1) is 0 Å². The first-order valence-electron chi connectivity index (χ1n) is 5.84. The summed E-state index contributed by atoms with van der Waals surface area (Å²) in [5.74, 6) is 0. The molecule has 0 aliphatic carbocycles. The second-order valence-corrected chi connectivity index (χ2v) is 5.37. The van der Waals surface area contributed by atoms with Crippen molar-refractivity contribution >= 4 is 34.7 Å². The van der Waals surface area contributed by atoms with Crippen LogP contribution in [-0.2, 0) is 10.2 Å². The predicted molar refractivity (Wildman–Crippen MR) is 79.8 cm³/mol. The van der Waals surface area contributed by atoms with Gasteiger partial charge in [-0.3, -0.25) is 0 Å². The number of hydrogen-bond acceptors (Lipinski definition) is 2. The average Bonchev–Trinajstić information content (AvgIpc) is 2.67. The van der Waals surface area contributed by atoms with E-state index in [1.165, 1.54) is 0 Å². The summed E-state index contributed by atoms with van der Waals surface area (Å²) in [6, 6.07) is 9.53. The molecule has 2 nitrogen and oxygen atoms in total. The van der Waals surface area contributed by atoms with Gasteiger partial charge < -0.3 is 4.79 Å². The average molecular weight is 294 g/mol. The van der Waals surface area contributed by atoms with Crippen LogP contribution in [0.4, 0.5) is 0 Å². The monoisotopic (exact) mass is 293 g/mol. The molecular weight excluding hydrogens is 281 g/mol. The fourth-order valence-corrected chi connectivity index (χ4v) is 2.28. The largest absolute Gasteiger partial charge is 0.302 e. The molecule has 4 heteroatoms. The number of rotatable bonds is 3.